The maximum absolute atomic E-state index is 13.6. The molecule has 2 fully saturated rings. The quantitative estimate of drug-likeness (QED) is 0.577. The van der Waals surface area contributed by atoms with Crippen molar-refractivity contribution < 1.29 is 26.7 Å². The number of halogens is 3. The molecule has 34 heavy (non-hydrogen) atoms. The van der Waals surface area contributed by atoms with E-state index in [1.54, 1.807) is 26.0 Å². The monoisotopic (exact) mass is 512 g/mol. The van der Waals surface area contributed by atoms with Crippen molar-refractivity contribution in [3.8, 4) is 5.75 Å². The van der Waals surface area contributed by atoms with Crippen molar-refractivity contribution in [1.29, 1.82) is 0 Å². The molecule has 0 aliphatic carbocycles. The third-order valence-electron chi connectivity index (χ3n) is 6.52. The molecule has 1 amide bonds. The van der Waals surface area contributed by atoms with Gasteiger partial charge in [0.1, 0.15) is 5.75 Å². The van der Waals surface area contributed by atoms with Crippen LogP contribution in [0.4, 0.5) is 14.5 Å². The lowest BCUT2D eigenvalue weighted by molar-refractivity contribution is -0.135. The van der Waals surface area contributed by atoms with Crippen LogP contribution in [0.25, 0.3) is 0 Å². The Kier molecular flexibility index (Phi) is 6.54. The van der Waals surface area contributed by atoms with E-state index >= 15 is 0 Å². The molecule has 2 atom stereocenters. The summed E-state index contributed by atoms with van der Waals surface area (Å²) in [6.07, 6.45) is 4.62. The third kappa shape index (κ3) is 5.00. The molecule has 2 bridgehead atoms. The van der Waals surface area contributed by atoms with Gasteiger partial charge in [0.05, 0.1) is 9.92 Å². The van der Waals surface area contributed by atoms with Crippen LogP contribution >= 0.6 is 11.6 Å². The second-order valence-corrected chi connectivity index (χ2v) is 11.9. The molecule has 184 valence electrons. The molecule has 4 rings (SSSR count). The fraction of sp³-hybridized carbons (Fsp3) is 0.458. The van der Waals surface area contributed by atoms with Crippen molar-refractivity contribution >= 4 is 33.0 Å². The average molecular weight is 513 g/mol. The van der Waals surface area contributed by atoms with Crippen molar-refractivity contribution in [2.24, 2.45) is 0 Å². The first kappa shape index (κ1) is 24.7. The van der Waals surface area contributed by atoms with Crippen molar-refractivity contribution in [1.82, 2.24) is 5.32 Å². The lowest BCUT2D eigenvalue weighted by Crippen LogP contribution is -2.55. The van der Waals surface area contributed by atoms with E-state index in [2.05, 4.69) is 10.2 Å². The first-order valence-electron chi connectivity index (χ1n) is 11.1. The number of hydrogen-bond donors (Lipinski definition) is 1. The lowest BCUT2D eigenvalue weighted by Gasteiger charge is -2.41. The molecule has 2 unspecified atom stereocenters. The predicted octanol–water partition coefficient (Wildman–Crippen LogP) is 4.50. The number of benzene rings is 2. The Morgan fingerprint density at radius 1 is 1.09 bits per heavy atom. The SMILES string of the molecule is CC(C)(Oc1cc(F)c(F)cc1Cl)C(=O)NC1CC2CCC(C1)N2c1ccc(S(C)(=O)=O)cc1. The number of piperidine rings is 1. The smallest absolute Gasteiger partial charge is 0.263 e. The first-order valence-corrected chi connectivity index (χ1v) is 13.3. The third-order valence-corrected chi connectivity index (χ3v) is 7.94. The van der Waals surface area contributed by atoms with Crippen LogP contribution in [0.1, 0.15) is 39.5 Å². The molecule has 2 saturated heterocycles. The second-order valence-electron chi connectivity index (χ2n) is 9.51. The summed E-state index contributed by atoms with van der Waals surface area (Å²) < 4.78 is 56.1. The van der Waals surface area contributed by atoms with Gasteiger partial charge in [0.2, 0.25) is 0 Å². The molecule has 0 aromatic heterocycles. The Morgan fingerprint density at radius 2 is 1.65 bits per heavy atom. The van der Waals surface area contributed by atoms with Gasteiger partial charge in [0, 0.05) is 36.1 Å². The van der Waals surface area contributed by atoms with Gasteiger partial charge in [-0.3, -0.25) is 4.79 Å². The number of ether oxygens (including phenoxy) is 1. The van der Waals surface area contributed by atoms with Crippen LogP contribution in [0.15, 0.2) is 41.3 Å². The van der Waals surface area contributed by atoms with Crippen LogP contribution in [-0.2, 0) is 14.6 Å². The summed E-state index contributed by atoms with van der Waals surface area (Å²) in [6, 6.07) is 8.95. The van der Waals surface area contributed by atoms with Gasteiger partial charge in [-0.15, -0.1) is 0 Å². The highest BCUT2D eigenvalue weighted by Gasteiger charge is 2.42. The van der Waals surface area contributed by atoms with Gasteiger partial charge in [0.15, 0.2) is 27.1 Å². The zero-order valence-electron chi connectivity index (χ0n) is 19.1. The summed E-state index contributed by atoms with van der Waals surface area (Å²) in [5.41, 5.74) is -0.382. The van der Waals surface area contributed by atoms with E-state index in [4.69, 9.17) is 16.3 Å². The van der Waals surface area contributed by atoms with Crippen molar-refractivity contribution in [3.05, 3.63) is 53.1 Å². The summed E-state index contributed by atoms with van der Waals surface area (Å²) in [5.74, 6) is -2.67. The van der Waals surface area contributed by atoms with E-state index in [0.29, 0.717) is 0 Å². The fourth-order valence-electron chi connectivity index (χ4n) is 4.84. The molecule has 2 aliphatic rings. The Balaban J connectivity index is 1.42. The maximum atomic E-state index is 13.6. The molecule has 6 nitrogen and oxygen atoms in total. The zero-order chi connectivity index (χ0) is 24.8. The normalized spacial score (nSPS) is 22.5. The molecule has 0 radical (unpaired) electrons. The molecule has 2 aromatic carbocycles. The largest absolute Gasteiger partial charge is 0.476 e. The zero-order valence-corrected chi connectivity index (χ0v) is 20.7. The number of nitrogens with one attached hydrogen (secondary N) is 1. The number of nitrogens with zero attached hydrogens (tertiary/aromatic N) is 1. The highest BCUT2D eigenvalue weighted by Crippen LogP contribution is 2.40. The number of sulfone groups is 1. The van der Waals surface area contributed by atoms with E-state index in [1.165, 1.54) is 6.26 Å². The predicted molar refractivity (Wildman–Crippen MR) is 126 cm³/mol. The number of carbonyl (C=O) groups excluding carboxylic acids is 1. The maximum Gasteiger partial charge on any atom is 0.263 e. The molecule has 2 aliphatic heterocycles. The van der Waals surface area contributed by atoms with Crippen LogP contribution < -0.4 is 15.0 Å². The molecule has 2 aromatic rings. The minimum atomic E-state index is -3.25. The number of anilines is 1. The van der Waals surface area contributed by atoms with Crippen LogP contribution in [0.5, 0.6) is 5.75 Å². The molecule has 10 heteroatoms. The Bertz CT molecular complexity index is 1190. The van der Waals surface area contributed by atoms with Crippen molar-refractivity contribution in [2.45, 2.75) is 68.2 Å². The summed E-state index contributed by atoms with van der Waals surface area (Å²) in [5, 5.41) is 2.93. The Morgan fingerprint density at radius 3 is 2.21 bits per heavy atom. The first-order chi connectivity index (χ1) is 15.8. The van der Waals surface area contributed by atoms with Crippen LogP contribution in [0.2, 0.25) is 5.02 Å². The van der Waals surface area contributed by atoms with E-state index in [9.17, 15) is 22.0 Å². The molecule has 0 spiro atoms. The average Bonchev–Trinajstić information content (AvgIpc) is 3.01. The van der Waals surface area contributed by atoms with Crippen LogP contribution in [-0.4, -0.2) is 44.3 Å². The van der Waals surface area contributed by atoms with Gasteiger partial charge in [-0.05, 0) is 69.9 Å². The van der Waals surface area contributed by atoms with Gasteiger partial charge < -0.3 is 15.0 Å². The highest BCUT2D eigenvalue weighted by molar-refractivity contribution is 7.90. The molecular weight excluding hydrogens is 486 g/mol. The molecular formula is C24H27ClF2N2O4S. The number of rotatable bonds is 6. The molecule has 0 saturated carbocycles. The number of hydrogen-bond acceptors (Lipinski definition) is 5. The summed E-state index contributed by atoms with van der Waals surface area (Å²) in [6.45, 7) is 3.10. The molecule has 2 heterocycles. The molecule has 1 N–H and O–H groups in total. The van der Waals surface area contributed by atoms with Gasteiger partial charge in [0.25, 0.3) is 5.91 Å². The van der Waals surface area contributed by atoms with Crippen LogP contribution in [0, 0.1) is 11.6 Å². The van der Waals surface area contributed by atoms with Crippen LogP contribution in [0.3, 0.4) is 0 Å². The Hall–Kier alpha value is -2.39. The summed E-state index contributed by atoms with van der Waals surface area (Å²) in [7, 11) is -3.25. The standard InChI is InChI=1S/C24H27ClF2N2O4S/c1-24(2,33-22-13-21(27)20(26)12-19(22)25)23(30)28-14-10-16-4-5-17(11-14)29(16)15-6-8-18(9-7-15)34(3,31)32/h6-9,12-14,16-17H,4-5,10-11H2,1-3H3,(H,28,30). The van der Waals surface area contributed by atoms with Gasteiger partial charge in [-0.1, -0.05) is 11.6 Å². The summed E-state index contributed by atoms with van der Waals surface area (Å²) >= 11 is 5.96. The van der Waals surface area contributed by atoms with E-state index in [1.807, 2.05) is 12.1 Å². The second kappa shape index (κ2) is 9.00. The van der Waals surface area contributed by atoms with E-state index in [0.717, 1.165) is 43.5 Å². The summed E-state index contributed by atoms with van der Waals surface area (Å²) in [4.78, 5) is 15.6. The fourth-order valence-corrected chi connectivity index (χ4v) is 5.66. The van der Waals surface area contributed by atoms with Gasteiger partial charge >= 0.3 is 0 Å². The van der Waals surface area contributed by atoms with E-state index in [-0.39, 0.29) is 39.7 Å². The van der Waals surface area contributed by atoms with Gasteiger partial charge in [-0.2, -0.15) is 0 Å². The topological polar surface area (TPSA) is 75.7 Å². The Labute approximate surface area is 203 Å². The minimum Gasteiger partial charge on any atom is -0.476 e. The highest BCUT2D eigenvalue weighted by atomic mass is 35.5. The minimum absolute atomic E-state index is 0.0696. The lowest BCUT2D eigenvalue weighted by atomic mass is 9.95. The van der Waals surface area contributed by atoms with Crippen molar-refractivity contribution in [3.63, 3.8) is 0 Å². The number of carbonyl (C=O) groups is 1. The number of fused-ring (bicyclic) bond motifs is 2. The van der Waals surface area contributed by atoms with Crippen molar-refractivity contribution in [2.75, 3.05) is 11.2 Å². The van der Waals surface area contributed by atoms with Gasteiger partial charge in [-0.25, -0.2) is 17.2 Å². The van der Waals surface area contributed by atoms with E-state index < -0.39 is 27.1 Å². The number of amides is 1.